The van der Waals surface area contributed by atoms with Gasteiger partial charge in [-0.3, -0.25) is 4.90 Å². The summed E-state index contributed by atoms with van der Waals surface area (Å²) in [5.41, 5.74) is 3.06. The van der Waals surface area contributed by atoms with Crippen LogP contribution >= 0.6 is 0 Å². The fourth-order valence-electron chi connectivity index (χ4n) is 3.42. The molecule has 1 atom stereocenters. The molecule has 0 amide bonds. The van der Waals surface area contributed by atoms with Crippen LogP contribution in [0.3, 0.4) is 0 Å². The van der Waals surface area contributed by atoms with Crippen molar-refractivity contribution in [1.82, 2.24) is 10.2 Å². The van der Waals surface area contributed by atoms with Gasteiger partial charge in [0.25, 0.3) is 0 Å². The lowest BCUT2D eigenvalue weighted by molar-refractivity contribution is 0.208. The van der Waals surface area contributed by atoms with Crippen molar-refractivity contribution in [3.05, 3.63) is 35.4 Å². The third-order valence-corrected chi connectivity index (χ3v) is 4.80. The van der Waals surface area contributed by atoms with Gasteiger partial charge >= 0.3 is 0 Å². The summed E-state index contributed by atoms with van der Waals surface area (Å²) < 4.78 is 0. The summed E-state index contributed by atoms with van der Waals surface area (Å²) in [5.74, 6) is 0. The molecular weight excluding hydrogens is 244 g/mol. The maximum Gasteiger partial charge on any atom is 0.0240 e. The number of nitrogens with zero attached hydrogens (tertiary/aromatic N) is 1. The summed E-state index contributed by atoms with van der Waals surface area (Å²) in [6.45, 7) is 5.87. The maximum absolute atomic E-state index is 3.70. The molecule has 1 aliphatic carbocycles. The number of hydrogen-bond donors (Lipinski definition) is 1. The summed E-state index contributed by atoms with van der Waals surface area (Å²) >= 11 is 0. The Kier molecular flexibility index (Phi) is 4.74. The normalized spacial score (nSPS) is 23.2. The van der Waals surface area contributed by atoms with Crippen LogP contribution in [0.1, 0.15) is 50.2 Å². The molecule has 1 saturated carbocycles. The Morgan fingerprint density at radius 3 is 2.55 bits per heavy atom. The molecule has 1 heterocycles. The number of piperidine rings is 1. The Hall–Kier alpha value is -0.860. The average molecular weight is 272 g/mol. The summed E-state index contributed by atoms with van der Waals surface area (Å²) in [6, 6.07) is 10.5. The molecule has 1 aromatic carbocycles. The molecule has 1 aliphatic heterocycles. The van der Waals surface area contributed by atoms with E-state index in [0.717, 1.165) is 25.0 Å². The van der Waals surface area contributed by atoms with Crippen molar-refractivity contribution in [3.63, 3.8) is 0 Å². The number of nitrogens with one attached hydrogen (secondary N) is 1. The molecule has 2 aliphatic rings. The summed E-state index contributed by atoms with van der Waals surface area (Å²) in [4.78, 5) is 2.73. The smallest absolute Gasteiger partial charge is 0.0240 e. The zero-order chi connectivity index (χ0) is 13.8. The predicted molar refractivity (Wildman–Crippen MR) is 84.9 cm³/mol. The molecule has 2 fully saturated rings. The first kappa shape index (κ1) is 14.1. The van der Waals surface area contributed by atoms with Gasteiger partial charge in [-0.1, -0.05) is 37.6 Å². The highest BCUT2D eigenvalue weighted by Gasteiger charge is 2.31. The second-order valence-electron chi connectivity index (χ2n) is 6.43. The summed E-state index contributed by atoms with van der Waals surface area (Å²) in [6.07, 6.45) is 8.08. The molecule has 1 N–H and O–H groups in total. The van der Waals surface area contributed by atoms with E-state index in [1.54, 1.807) is 0 Å². The van der Waals surface area contributed by atoms with Crippen LogP contribution in [0.25, 0.3) is 0 Å². The zero-order valence-corrected chi connectivity index (χ0v) is 12.8. The molecule has 1 saturated heterocycles. The summed E-state index contributed by atoms with van der Waals surface area (Å²) in [7, 11) is 0. The molecule has 3 rings (SSSR count). The summed E-state index contributed by atoms with van der Waals surface area (Å²) in [5, 5.41) is 3.70. The highest BCUT2D eigenvalue weighted by atomic mass is 15.2. The van der Waals surface area contributed by atoms with Gasteiger partial charge in [0, 0.05) is 25.2 Å². The van der Waals surface area contributed by atoms with Crippen LogP contribution in [0, 0.1) is 0 Å². The van der Waals surface area contributed by atoms with Gasteiger partial charge in [-0.05, 0) is 49.8 Å². The fraction of sp³-hybridized carbons (Fsp3) is 0.667. The highest BCUT2D eigenvalue weighted by Crippen LogP contribution is 2.29. The minimum absolute atomic E-state index is 0.720. The lowest BCUT2D eigenvalue weighted by Gasteiger charge is -2.31. The van der Waals surface area contributed by atoms with Crippen LogP contribution in [0.15, 0.2) is 24.3 Å². The van der Waals surface area contributed by atoms with Gasteiger partial charge in [0.2, 0.25) is 0 Å². The fourth-order valence-corrected chi connectivity index (χ4v) is 3.42. The van der Waals surface area contributed by atoms with Crippen LogP contribution in [-0.4, -0.2) is 30.1 Å². The van der Waals surface area contributed by atoms with E-state index in [1.165, 1.54) is 56.3 Å². The van der Waals surface area contributed by atoms with Gasteiger partial charge in [0.15, 0.2) is 0 Å². The van der Waals surface area contributed by atoms with Crippen molar-refractivity contribution >= 4 is 0 Å². The third kappa shape index (κ3) is 3.62. The third-order valence-electron chi connectivity index (χ3n) is 4.80. The minimum atomic E-state index is 0.720. The molecule has 0 spiro atoms. The van der Waals surface area contributed by atoms with Gasteiger partial charge < -0.3 is 5.32 Å². The number of hydrogen-bond acceptors (Lipinski definition) is 2. The van der Waals surface area contributed by atoms with Crippen LogP contribution < -0.4 is 5.32 Å². The molecule has 110 valence electrons. The van der Waals surface area contributed by atoms with Crippen molar-refractivity contribution in [2.45, 2.75) is 64.1 Å². The van der Waals surface area contributed by atoms with Crippen LogP contribution in [0.2, 0.25) is 0 Å². The first-order valence-corrected chi connectivity index (χ1v) is 8.41. The van der Waals surface area contributed by atoms with Gasteiger partial charge in [-0.2, -0.15) is 0 Å². The van der Waals surface area contributed by atoms with Crippen LogP contribution in [0.4, 0.5) is 0 Å². The van der Waals surface area contributed by atoms with E-state index in [-0.39, 0.29) is 0 Å². The highest BCUT2D eigenvalue weighted by molar-refractivity contribution is 5.27. The Morgan fingerprint density at radius 1 is 1.10 bits per heavy atom. The van der Waals surface area contributed by atoms with Crippen molar-refractivity contribution < 1.29 is 0 Å². The lowest BCUT2D eigenvalue weighted by atomic mass is 10.0. The van der Waals surface area contributed by atoms with Crippen molar-refractivity contribution in [3.8, 4) is 0 Å². The van der Waals surface area contributed by atoms with Crippen molar-refractivity contribution in [2.75, 3.05) is 13.1 Å². The second kappa shape index (κ2) is 6.73. The molecule has 0 aromatic heterocycles. The molecule has 1 aromatic rings. The van der Waals surface area contributed by atoms with Gasteiger partial charge in [0.1, 0.15) is 0 Å². The van der Waals surface area contributed by atoms with E-state index in [1.807, 2.05) is 0 Å². The minimum Gasteiger partial charge on any atom is -0.313 e. The molecule has 2 nitrogen and oxygen atoms in total. The molecule has 0 bridgehead atoms. The first-order valence-electron chi connectivity index (χ1n) is 8.41. The quantitative estimate of drug-likeness (QED) is 0.854. The van der Waals surface area contributed by atoms with Crippen LogP contribution in [0.5, 0.6) is 0 Å². The van der Waals surface area contributed by atoms with Crippen molar-refractivity contribution in [2.24, 2.45) is 0 Å². The topological polar surface area (TPSA) is 15.3 Å². The maximum atomic E-state index is 3.70. The van der Waals surface area contributed by atoms with E-state index < -0.39 is 0 Å². The van der Waals surface area contributed by atoms with E-state index in [9.17, 15) is 0 Å². The molecule has 20 heavy (non-hydrogen) atoms. The number of aryl methyl sites for hydroxylation is 1. The lowest BCUT2D eigenvalue weighted by Crippen LogP contribution is -2.44. The van der Waals surface area contributed by atoms with Crippen molar-refractivity contribution in [1.29, 1.82) is 0 Å². The van der Waals surface area contributed by atoms with Gasteiger partial charge in [-0.15, -0.1) is 0 Å². The molecule has 2 heteroatoms. The van der Waals surface area contributed by atoms with E-state index in [0.29, 0.717) is 0 Å². The first-order chi connectivity index (χ1) is 9.86. The van der Waals surface area contributed by atoms with E-state index in [4.69, 9.17) is 0 Å². The standard InChI is InChI=1S/C18H28N2/c1-2-15-7-3-4-8-16(15)13-20(18-10-11-18)14-17-9-5-6-12-19-17/h3-4,7-8,17-19H,2,5-6,9-14H2,1H3. The van der Waals surface area contributed by atoms with Crippen LogP contribution in [-0.2, 0) is 13.0 Å². The van der Waals surface area contributed by atoms with E-state index >= 15 is 0 Å². The predicted octanol–water partition coefficient (Wildman–Crippen LogP) is 3.36. The Bertz CT molecular complexity index is 419. The Balaban J connectivity index is 1.64. The SMILES string of the molecule is CCc1ccccc1CN(CC1CCCCN1)C1CC1. The molecular formula is C18H28N2. The average Bonchev–Trinajstić information content (AvgIpc) is 3.33. The monoisotopic (exact) mass is 272 g/mol. The Labute approximate surface area is 123 Å². The van der Waals surface area contributed by atoms with E-state index in [2.05, 4.69) is 41.4 Å². The molecule has 1 unspecified atom stereocenters. The number of benzene rings is 1. The molecule has 0 radical (unpaired) electrons. The number of rotatable bonds is 6. The van der Waals surface area contributed by atoms with Gasteiger partial charge in [0.05, 0.1) is 0 Å². The largest absolute Gasteiger partial charge is 0.313 e. The van der Waals surface area contributed by atoms with Gasteiger partial charge in [-0.25, -0.2) is 0 Å². The second-order valence-corrected chi connectivity index (χ2v) is 6.43. The Morgan fingerprint density at radius 2 is 1.90 bits per heavy atom. The zero-order valence-electron chi connectivity index (χ0n) is 12.8.